The number of benzene rings is 1. The molecule has 0 spiro atoms. The van der Waals surface area contributed by atoms with E-state index in [-0.39, 0.29) is 23.5 Å². The van der Waals surface area contributed by atoms with Crippen molar-refractivity contribution in [1.82, 2.24) is 9.88 Å². The van der Waals surface area contributed by atoms with Crippen molar-refractivity contribution in [3.8, 4) is 0 Å². The lowest BCUT2D eigenvalue weighted by atomic mass is 10.1. The molecule has 1 aromatic carbocycles. The van der Waals surface area contributed by atoms with E-state index < -0.39 is 0 Å². The van der Waals surface area contributed by atoms with Crippen molar-refractivity contribution in [2.45, 2.75) is 31.9 Å². The first-order chi connectivity index (χ1) is 12.8. The van der Waals surface area contributed by atoms with Gasteiger partial charge in [-0.2, -0.15) is 0 Å². The normalized spacial score (nSPS) is 16.9. The molecule has 9 heteroatoms. The van der Waals surface area contributed by atoms with E-state index in [1.807, 2.05) is 32.0 Å². The van der Waals surface area contributed by atoms with Crippen molar-refractivity contribution < 1.29 is 9.59 Å². The van der Waals surface area contributed by atoms with Crippen molar-refractivity contribution in [1.29, 1.82) is 0 Å². The van der Waals surface area contributed by atoms with Gasteiger partial charge in [0.2, 0.25) is 11.8 Å². The molecule has 0 bridgehead atoms. The van der Waals surface area contributed by atoms with Crippen molar-refractivity contribution in [2.24, 2.45) is 0 Å². The molecular formula is C18H18ClN3O2S3. The molecule has 1 saturated heterocycles. The largest absolute Gasteiger partial charge is 0.302 e. The number of nitrogens with one attached hydrogen (secondary N) is 1. The second-order valence-corrected chi connectivity index (χ2v) is 9.70. The lowest BCUT2D eigenvalue weighted by Gasteiger charge is -2.14. The summed E-state index contributed by atoms with van der Waals surface area (Å²) in [6, 6.07) is 5.97. The van der Waals surface area contributed by atoms with E-state index in [1.54, 1.807) is 6.20 Å². The van der Waals surface area contributed by atoms with E-state index in [2.05, 4.69) is 10.3 Å². The van der Waals surface area contributed by atoms with Crippen LogP contribution in [0.1, 0.15) is 29.3 Å². The first kappa shape index (κ1) is 20.3. The molecule has 142 valence electrons. The first-order valence-corrected chi connectivity index (χ1v) is 10.8. The van der Waals surface area contributed by atoms with Crippen LogP contribution in [0.25, 0.3) is 0 Å². The number of thiocarbonyl (C=S) groups is 1. The number of thiazole rings is 1. The topological polar surface area (TPSA) is 62.3 Å². The lowest BCUT2D eigenvalue weighted by Crippen LogP contribution is -2.33. The van der Waals surface area contributed by atoms with E-state index in [1.165, 1.54) is 28.0 Å². The zero-order valence-corrected chi connectivity index (χ0v) is 18.0. The van der Waals surface area contributed by atoms with Crippen LogP contribution in [0.5, 0.6) is 0 Å². The van der Waals surface area contributed by atoms with Gasteiger partial charge in [-0.1, -0.05) is 47.7 Å². The number of aryl methyl sites for hydroxylation is 1. The molecule has 5 nitrogen and oxygen atoms in total. The fourth-order valence-electron chi connectivity index (χ4n) is 2.57. The van der Waals surface area contributed by atoms with Gasteiger partial charge < -0.3 is 5.32 Å². The van der Waals surface area contributed by atoms with Gasteiger partial charge in [0.05, 0.1) is 5.25 Å². The number of aromatic nitrogens is 1. The van der Waals surface area contributed by atoms with Crippen LogP contribution in [0.3, 0.4) is 0 Å². The lowest BCUT2D eigenvalue weighted by molar-refractivity contribution is -0.126. The van der Waals surface area contributed by atoms with Gasteiger partial charge in [0.25, 0.3) is 0 Å². The van der Waals surface area contributed by atoms with E-state index in [4.69, 9.17) is 23.8 Å². The van der Waals surface area contributed by atoms with Gasteiger partial charge in [0.1, 0.15) is 4.32 Å². The number of hydrogen-bond acceptors (Lipinski definition) is 6. The van der Waals surface area contributed by atoms with E-state index >= 15 is 0 Å². The molecule has 1 fully saturated rings. The number of carbonyl (C=O) groups is 2. The standard InChI is InChI=1S/C18H18ClN3O2S3/c1-10-3-4-12(8-14(10)19)7-13-9-20-17(27-13)21-15(23)5-6-22-16(24)11(2)26-18(22)25/h3-4,8-9,11H,5-7H2,1-2H3,(H,20,21,23). The summed E-state index contributed by atoms with van der Waals surface area (Å²) in [5.74, 6) is -0.222. The Labute approximate surface area is 176 Å². The first-order valence-electron chi connectivity index (χ1n) is 8.35. The van der Waals surface area contributed by atoms with Gasteiger partial charge in [-0.25, -0.2) is 4.98 Å². The third kappa shape index (κ3) is 5.07. The summed E-state index contributed by atoms with van der Waals surface area (Å²) in [5, 5.41) is 3.91. The average molecular weight is 440 g/mol. The molecular weight excluding hydrogens is 422 g/mol. The fraction of sp³-hybridized carbons (Fsp3) is 0.333. The zero-order valence-electron chi connectivity index (χ0n) is 14.8. The molecule has 0 saturated carbocycles. The molecule has 1 aromatic heterocycles. The molecule has 0 aliphatic carbocycles. The molecule has 1 aliphatic rings. The SMILES string of the molecule is Cc1ccc(Cc2cnc(NC(=O)CCN3C(=O)C(C)SC3=S)s2)cc1Cl. The van der Waals surface area contributed by atoms with Crippen LogP contribution in [0.2, 0.25) is 5.02 Å². The number of halogens is 1. The van der Waals surface area contributed by atoms with E-state index in [9.17, 15) is 9.59 Å². The van der Waals surface area contributed by atoms with E-state index in [0.29, 0.717) is 22.4 Å². The predicted octanol–water partition coefficient (Wildman–Crippen LogP) is 4.27. The summed E-state index contributed by atoms with van der Waals surface area (Å²) in [6.07, 6.45) is 2.65. The summed E-state index contributed by atoms with van der Waals surface area (Å²) in [6.45, 7) is 4.08. The number of thioether (sulfide) groups is 1. The Bertz CT molecular complexity index is 900. The molecule has 2 amide bonds. The highest BCUT2D eigenvalue weighted by Gasteiger charge is 2.33. The Kier molecular flexibility index (Phi) is 6.52. The second kappa shape index (κ2) is 8.68. The molecule has 1 unspecified atom stereocenters. The number of hydrogen-bond donors (Lipinski definition) is 1. The van der Waals surface area contributed by atoms with Gasteiger partial charge >= 0.3 is 0 Å². The summed E-state index contributed by atoms with van der Waals surface area (Å²) < 4.78 is 0.536. The Morgan fingerprint density at radius 1 is 1.44 bits per heavy atom. The van der Waals surface area contributed by atoms with Crippen LogP contribution >= 0.6 is 46.9 Å². The molecule has 1 atom stereocenters. The van der Waals surface area contributed by atoms with Crippen LogP contribution in [-0.2, 0) is 16.0 Å². The molecule has 1 aliphatic heterocycles. The van der Waals surface area contributed by atoms with Crippen molar-refractivity contribution in [3.05, 3.63) is 45.4 Å². The Morgan fingerprint density at radius 2 is 2.22 bits per heavy atom. The third-order valence-electron chi connectivity index (χ3n) is 4.09. The monoisotopic (exact) mass is 439 g/mol. The molecule has 1 N–H and O–H groups in total. The molecule has 3 rings (SSSR count). The summed E-state index contributed by atoms with van der Waals surface area (Å²) >= 11 is 14.1. The molecule has 2 heterocycles. The third-order valence-corrected chi connectivity index (χ3v) is 6.89. The average Bonchev–Trinajstić information content (AvgIpc) is 3.14. The number of rotatable bonds is 6. The number of carbonyl (C=O) groups excluding carboxylic acids is 2. The van der Waals surface area contributed by atoms with Crippen molar-refractivity contribution in [2.75, 3.05) is 11.9 Å². The highest BCUT2D eigenvalue weighted by molar-refractivity contribution is 8.24. The predicted molar refractivity (Wildman–Crippen MR) is 116 cm³/mol. The number of amides is 2. The Morgan fingerprint density at radius 3 is 2.89 bits per heavy atom. The fourth-order valence-corrected chi connectivity index (χ4v) is 5.09. The number of anilines is 1. The van der Waals surface area contributed by atoms with Gasteiger partial charge in [-0.05, 0) is 31.0 Å². The minimum absolute atomic E-state index is 0.0360. The van der Waals surface area contributed by atoms with Crippen LogP contribution in [0.15, 0.2) is 24.4 Å². The molecule has 0 radical (unpaired) electrons. The zero-order chi connectivity index (χ0) is 19.6. The van der Waals surface area contributed by atoms with Crippen molar-refractivity contribution >= 4 is 68.2 Å². The number of nitrogens with zero attached hydrogens (tertiary/aromatic N) is 2. The maximum Gasteiger partial charge on any atom is 0.241 e. The summed E-state index contributed by atoms with van der Waals surface area (Å²) in [7, 11) is 0. The van der Waals surface area contributed by atoms with Crippen LogP contribution in [0.4, 0.5) is 5.13 Å². The van der Waals surface area contributed by atoms with Crippen molar-refractivity contribution in [3.63, 3.8) is 0 Å². The van der Waals surface area contributed by atoms with Gasteiger partial charge in [0.15, 0.2) is 5.13 Å². The van der Waals surface area contributed by atoms with Gasteiger partial charge in [-0.3, -0.25) is 14.5 Å². The Balaban J connectivity index is 1.52. The molecule has 27 heavy (non-hydrogen) atoms. The van der Waals surface area contributed by atoms with Gasteiger partial charge in [-0.15, -0.1) is 11.3 Å². The van der Waals surface area contributed by atoms with Crippen LogP contribution in [0, 0.1) is 6.92 Å². The second-order valence-electron chi connectivity index (χ2n) is 6.21. The quantitative estimate of drug-likeness (QED) is 0.681. The Hall–Kier alpha value is -1.48. The highest BCUT2D eigenvalue weighted by atomic mass is 35.5. The summed E-state index contributed by atoms with van der Waals surface area (Å²) in [4.78, 5) is 30.9. The van der Waals surface area contributed by atoms with Crippen LogP contribution in [-0.4, -0.2) is 37.8 Å². The van der Waals surface area contributed by atoms with Crippen LogP contribution < -0.4 is 5.32 Å². The summed E-state index contributed by atoms with van der Waals surface area (Å²) in [5.41, 5.74) is 2.14. The maximum absolute atomic E-state index is 12.2. The minimum atomic E-state index is -0.186. The highest BCUT2D eigenvalue weighted by Crippen LogP contribution is 2.27. The maximum atomic E-state index is 12.2. The minimum Gasteiger partial charge on any atom is -0.302 e. The van der Waals surface area contributed by atoms with Gasteiger partial charge in [0, 0.05) is 35.5 Å². The smallest absolute Gasteiger partial charge is 0.241 e. The van der Waals surface area contributed by atoms with E-state index in [0.717, 1.165) is 21.0 Å². The molecule has 2 aromatic rings.